The topological polar surface area (TPSA) is 62.5 Å². The Morgan fingerprint density at radius 2 is 1.50 bits per heavy atom. The first-order chi connectivity index (χ1) is 14.5. The van der Waals surface area contributed by atoms with E-state index in [9.17, 15) is 13.6 Å². The fourth-order valence-electron chi connectivity index (χ4n) is 3.47. The van der Waals surface area contributed by atoms with Gasteiger partial charge in [-0.25, -0.2) is 8.78 Å². The molecule has 0 atom stereocenters. The summed E-state index contributed by atoms with van der Waals surface area (Å²) in [4.78, 5) is 21.0. The van der Waals surface area contributed by atoms with Crippen molar-refractivity contribution < 1.29 is 18.1 Å². The van der Waals surface area contributed by atoms with Gasteiger partial charge >= 0.3 is 0 Å². The van der Waals surface area contributed by atoms with E-state index in [1.54, 1.807) is 24.3 Å². The molecule has 1 aromatic heterocycles. The van der Waals surface area contributed by atoms with Gasteiger partial charge in [0.05, 0.1) is 13.1 Å². The minimum atomic E-state index is -0.309. The van der Waals surface area contributed by atoms with E-state index < -0.39 is 0 Å². The molecule has 2 heterocycles. The summed E-state index contributed by atoms with van der Waals surface area (Å²) in [5, 5.41) is 3.97. The lowest BCUT2D eigenvalue weighted by Crippen LogP contribution is -2.47. The van der Waals surface area contributed by atoms with Crippen molar-refractivity contribution in [3.8, 4) is 11.4 Å². The number of carbonyl (C=O) groups is 1. The van der Waals surface area contributed by atoms with Gasteiger partial charge in [-0.05, 0) is 42.0 Å². The van der Waals surface area contributed by atoms with E-state index in [0.29, 0.717) is 36.8 Å². The first kappa shape index (κ1) is 20.3. The van der Waals surface area contributed by atoms with Crippen LogP contribution in [-0.2, 0) is 17.8 Å². The zero-order valence-electron chi connectivity index (χ0n) is 16.4. The van der Waals surface area contributed by atoms with Crippen LogP contribution in [0.2, 0.25) is 0 Å². The Hall–Kier alpha value is -2.97. The molecule has 1 aliphatic rings. The summed E-state index contributed by atoms with van der Waals surface area (Å²) in [6.07, 6.45) is 0.314. The van der Waals surface area contributed by atoms with Crippen LogP contribution in [0.4, 0.5) is 8.78 Å². The smallest absolute Gasteiger partial charge is 0.241 e. The second-order valence-corrected chi connectivity index (χ2v) is 7.41. The van der Waals surface area contributed by atoms with Gasteiger partial charge in [-0.1, -0.05) is 17.3 Å². The van der Waals surface area contributed by atoms with Crippen LogP contribution in [0.1, 0.15) is 11.5 Å². The second-order valence-electron chi connectivity index (χ2n) is 7.41. The molecule has 8 heteroatoms. The Morgan fingerprint density at radius 3 is 2.17 bits per heavy atom. The third-order valence-corrected chi connectivity index (χ3v) is 5.11. The van der Waals surface area contributed by atoms with Crippen LogP contribution < -0.4 is 0 Å². The Kier molecular flexibility index (Phi) is 6.25. The number of nitrogens with zero attached hydrogens (tertiary/aromatic N) is 4. The van der Waals surface area contributed by atoms with Gasteiger partial charge in [0.25, 0.3) is 0 Å². The number of halogens is 2. The van der Waals surface area contributed by atoms with Crippen LogP contribution in [0.15, 0.2) is 53.1 Å². The summed E-state index contributed by atoms with van der Waals surface area (Å²) in [5.41, 5.74) is 1.53. The Morgan fingerprint density at radius 1 is 0.900 bits per heavy atom. The van der Waals surface area contributed by atoms with Crippen LogP contribution >= 0.6 is 0 Å². The number of ketones is 1. The summed E-state index contributed by atoms with van der Waals surface area (Å²) in [6.45, 7) is 4.05. The first-order valence-corrected chi connectivity index (χ1v) is 9.84. The minimum absolute atomic E-state index is 0.121. The van der Waals surface area contributed by atoms with Crippen LogP contribution in [-0.4, -0.2) is 58.4 Å². The van der Waals surface area contributed by atoms with Gasteiger partial charge in [0.2, 0.25) is 11.7 Å². The van der Waals surface area contributed by atoms with Gasteiger partial charge in [-0.2, -0.15) is 4.98 Å². The zero-order valence-corrected chi connectivity index (χ0v) is 16.4. The summed E-state index contributed by atoms with van der Waals surface area (Å²) < 4.78 is 31.3. The average Bonchev–Trinajstić information content (AvgIpc) is 3.20. The SMILES string of the molecule is O=C(Cc1ccc(F)cc1)CN1CCN(Cc2nc(-c3ccc(F)cc3)no2)CC1. The van der Waals surface area contributed by atoms with Gasteiger partial charge in [-0.3, -0.25) is 14.6 Å². The fraction of sp³-hybridized carbons (Fsp3) is 0.318. The molecule has 0 amide bonds. The predicted molar refractivity (Wildman–Crippen MR) is 107 cm³/mol. The molecule has 1 aliphatic heterocycles. The van der Waals surface area contributed by atoms with Crippen molar-refractivity contribution in [2.24, 2.45) is 0 Å². The Balaban J connectivity index is 1.23. The summed E-state index contributed by atoms with van der Waals surface area (Å²) in [6, 6.07) is 12.0. The summed E-state index contributed by atoms with van der Waals surface area (Å²) in [5.74, 6) is 0.464. The largest absolute Gasteiger partial charge is 0.338 e. The van der Waals surface area contributed by atoms with Crippen LogP contribution in [0.25, 0.3) is 11.4 Å². The molecule has 0 saturated carbocycles. The maximum Gasteiger partial charge on any atom is 0.241 e. The van der Waals surface area contributed by atoms with Crippen LogP contribution in [0.3, 0.4) is 0 Å². The van der Waals surface area contributed by atoms with Crippen LogP contribution in [0, 0.1) is 11.6 Å². The minimum Gasteiger partial charge on any atom is -0.338 e. The molecule has 156 valence electrons. The molecule has 2 aromatic carbocycles. The highest BCUT2D eigenvalue weighted by Crippen LogP contribution is 2.17. The van der Waals surface area contributed by atoms with Crippen molar-refractivity contribution in [3.05, 3.63) is 71.6 Å². The number of rotatable bonds is 7. The lowest BCUT2D eigenvalue weighted by Gasteiger charge is -2.33. The molecule has 3 aromatic rings. The molecule has 0 spiro atoms. The number of Topliss-reactive ketones (excluding diaryl/α,β-unsaturated/α-hetero) is 1. The molecule has 1 fully saturated rings. The van der Waals surface area contributed by atoms with E-state index in [1.165, 1.54) is 24.3 Å². The molecule has 6 nitrogen and oxygen atoms in total. The third-order valence-electron chi connectivity index (χ3n) is 5.11. The van der Waals surface area contributed by atoms with Crippen LogP contribution in [0.5, 0.6) is 0 Å². The molecular formula is C22H22F2N4O2. The number of benzene rings is 2. The van der Waals surface area contributed by atoms with Gasteiger partial charge < -0.3 is 4.52 Å². The van der Waals surface area contributed by atoms with Crippen molar-refractivity contribution in [2.75, 3.05) is 32.7 Å². The maximum atomic E-state index is 13.0. The van der Waals surface area contributed by atoms with Crippen molar-refractivity contribution in [2.45, 2.75) is 13.0 Å². The highest BCUT2D eigenvalue weighted by atomic mass is 19.1. The molecule has 0 aliphatic carbocycles. The van der Waals surface area contributed by atoms with E-state index in [1.807, 2.05) is 0 Å². The monoisotopic (exact) mass is 412 g/mol. The molecule has 30 heavy (non-hydrogen) atoms. The number of carbonyl (C=O) groups excluding carboxylic acids is 1. The fourth-order valence-corrected chi connectivity index (χ4v) is 3.47. The maximum absolute atomic E-state index is 13.0. The van der Waals surface area contributed by atoms with Crippen molar-refractivity contribution in [1.29, 1.82) is 0 Å². The van der Waals surface area contributed by atoms with Gasteiger partial charge in [0, 0.05) is 38.2 Å². The molecular weight excluding hydrogens is 390 g/mol. The number of hydrogen-bond donors (Lipinski definition) is 0. The quantitative estimate of drug-likeness (QED) is 0.595. The number of piperazine rings is 1. The standard InChI is InChI=1S/C22H22F2N4O2/c23-18-5-1-16(2-6-18)13-20(29)14-27-9-11-28(12-10-27)15-21-25-22(26-30-21)17-3-7-19(24)8-4-17/h1-8H,9-15H2. The molecule has 0 bridgehead atoms. The highest BCUT2D eigenvalue weighted by molar-refractivity contribution is 5.82. The molecule has 0 radical (unpaired) electrons. The van der Waals surface area contributed by atoms with E-state index in [0.717, 1.165) is 31.7 Å². The van der Waals surface area contributed by atoms with Gasteiger partial charge in [-0.15, -0.1) is 0 Å². The van der Waals surface area contributed by atoms with E-state index >= 15 is 0 Å². The zero-order chi connectivity index (χ0) is 20.9. The average molecular weight is 412 g/mol. The lowest BCUT2D eigenvalue weighted by atomic mass is 10.1. The van der Waals surface area contributed by atoms with E-state index in [2.05, 4.69) is 19.9 Å². The summed E-state index contributed by atoms with van der Waals surface area (Å²) >= 11 is 0. The van der Waals surface area contributed by atoms with Crippen molar-refractivity contribution in [3.63, 3.8) is 0 Å². The lowest BCUT2D eigenvalue weighted by molar-refractivity contribution is -0.120. The van der Waals surface area contributed by atoms with Gasteiger partial charge in [0.15, 0.2) is 5.78 Å². The highest BCUT2D eigenvalue weighted by Gasteiger charge is 2.21. The number of hydrogen-bond acceptors (Lipinski definition) is 6. The van der Waals surface area contributed by atoms with Crippen molar-refractivity contribution in [1.82, 2.24) is 19.9 Å². The van der Waals surface area contributed by atoms with Crippen molar-refractivity contribution >= 4 is 5.78 Å². The molecule has 0 unspecified atom stereocenters. The normalized spacial score (nSPS) is 15.4. The Bertz CT molecular complexity index is 981. The van der Waals surface area contributed by atoms with E-state index in [-0.39, 0.29) is 17.4 Å². The Labute approximate surface area is 173 Å². The van der Waals surface area contributed by atoms with Gasteiger partial charge in [0.1, 0.15) is 11.6 Å². The molecule has 0 N–H and O–H groups in total. The van der Waals surface area contributed by atoms with E-state index in [4.69, 9.17) is 4.52 Å². The predicted octanol–water partition coefficient (Wildman–Crippen LogP) is 2.94. The second kappa shape index (κ2) is 9.23. The first-order valence-electron chi connectivity index (χ1n) is 9.84. The number of aromatic nitrogens is 2. The summed E-state index contributed by atoms with van der Waals surface area (Å²) in [7, 11) is 0. The molecule has 1 saturated heterocycles. The third kappa shape index (κ3) is 5.34. The molecule has 4 rings (SSSR count).